The molecule has 106 valence electrons. The molecule has 0 aliphatic rings. The highest BCUT2D eigenvalue weighted by Crippen LogP contribution is 2.27. The molecule has 20 heavy (non-hydrogen) atoms. The average molecular weight is 313 g/mol. The van der Waals surface area contributed by atoms with E-state index < -0.39 is 0 Å². The van der Waals surface area contributed by atoms with Crippen molar-refractivity contribution in [2.24, 2.45) is 5.84 Å². The van der Waals surface area contributed by atoms with Crippen LogP contribution in [0.2, 0.25) is 10.0 Å². The van der Waals surface area contributed by atoms with E-state index in [1.807, 2.05) is 13.0 Å². The van der Waals surface area contributed by atoms with Crippen molar-refractivity contribution in [3.05, 3.63) is 69.0 Å². The summed E-state index contributed by atoms with van der Waals surface area (Å²) in [5.74, 6) is 5.37. The summed E-state index contributed by atoms with van der Waals surface area (Å²) in [5, 5.41) is 1.26. The first-order valence-corrected chi connectivity index (χ1v) is 6.93. The Balaban J connectivity index is 2.31. The number of nitrogens with two attached hydrogens (primary N) is 1. The van der Waals surface area contributed by atoms with Gasteiger partial charge in [0.05, 0.1) is 6.04 Å². The van der Waals surface area contributed by atoms with Crippen LogP contribution in [0.1, 0.15) is 22.7 Å². The summed E-state index contributed by atoms with van der Waals surface area (Å²) in [6.45, 7) is 1.85. The Labute approximate surface area is 127 Å². The Kier molecular flexibility index (Phi) is 5.00. The molecule has 3 N–H and O–H groups in total. The van der Waals surface area contributed by atoms with Crippen molar-refractivity contribution in [3.8, 4) is 0 Å². The number of benzene rings is 2. The molecule has 0 aliphatic carbocycles. The van der Waals surface area contributed by atoms with Gasteiger partial charge in [-0.2, -0.15) is 0 Å². The summed E-state index contributed by atoms with van der Waals surface area (Å²) in [4.78, 5) is 0. The summed E-state index contributed by atoms with van der Waals surface area (Å²) >= 11 is 12.1. The number of hydrazine groups is 1. The van der Waals surface area contributed by atoms with Crippen LogP contribution in [0.3, 0.4) is 0 Å². The van der Waals surface area contributed by atoms with Crippen molar-refractivity contribution >= 4 is 23.2 Å². The highest BCUT2D eigenvalue weighted by Gasteiger charge is 2.15. The van der Waals surface area contributed by atoms with E-state index in [2.05, 4.69) is 5.43 Å². The molecule has 0 aliphatic heterocycles. The van der Waals surface area contributed by atoms with E-state index >= 15 is 0 Å². The summed E-state index contributed by atoms with van der Waals surface area (Å²) in [6, 6.07) is 9.78. The fourth-order valence-electron chi connectivity index (χ4n) is 2.21. The first kappa shape index (κ1) is 15.3. The minimum absolute atomic E-state index is 0.161. The predicted octanol–water partition coefficient (Wildman–Crippen LogP) is 4.19. The number of halogens is 3. The molecule has 0 saturated carbocycles. The molecule has 2 nitrogen and oxygen atoms in total. The molecule has 0 saturated heterocycles. The molecule has 0 fully saturated rings. The monoisotopic (exact) mass is 312 g/mol. The van der Waals surface area contributed by atoms with Gasteiger partial charge < -0.3 is 0 Å². The standard InChI is InChI=1S/C15H15Cl2FN2/c1-9-6-12(18)3-4-13(9)15(20-19)8-10-7-11(16)2-5-14(10)17/h2-7,15,20H,8,19H2,1H3. The molecule has 0 aromatic heterocycles. The second-order valence-electron chi connectivity index (χ2n) is 4.66. The zero-order chi connectivity index (χ0) is 14.7. The third kappa shape index (κ3) is 3.49. The van der Waals surface area contributed by atoms with Gasteiger partial charge in [0, 0.05) is 10.0 Å². The van der Waals surface area contributed by atoms with Gasteiger partial charge in [0.2, 0.25) is 0 Å². The molecule has 0 amide bonds. The van der Waals surface area contributed by atoms with Gasteiger partial charge in [-0.05, 0) is 60.4 Å². The zero-order valence-electron chi connectivity index (χ0n) is 11.0. The van der Waals surface area contributed by atoms with Crippen LogP contribution < -0.4 is 11.3 Å². The topological polar surface area (TPSA) is 38.0 Å². The molecular weight excluding hydrogens is 298 g/mol. The number of hydrogen-bond acceptors (Lipinski definition) is 2. The lowest BCUT2D eigenvalue weighted by Gasteiger charge is -2.19. The smallest absolute Gasteiger partial charge is 0.123 e. The van der Waals surface area contributed by atoms with E-state index in [9.17, 15) is 4.39 Å². The van der Waals surface area contributed by atoms with Crippen LogP contribution in [0.4, 0.5) is 4.39 Å². The van der Waals surface area contributed by atoms with Crippen LogP contribution in [-0.4, -0.2) is 0 Å². The number of rotatable bonds is 4. The summed E-state index contributed by atoms with van der Waals surface area (Å²) in [7, 11) is 0. The lowest BCUT2D eigenvalue weighted by atomic mass is 9.96. The van der Waals surface area contributed by atoms with Crippen LogP contribution >= 0.6 is 23.2 Å². The second-order valence-corrected chi connectivity index (χ2v) is 5.50. The quantitative estimate of drug-likeness (QED) is 0.656. The van der Waals surface area contributed by atoms with Gasteiger partial charge in [0.15, 0.2) is 0 Å². The Morgan fingerprint density at radius 3 is 2.60 bits per heavy atom. The summed E-state index contributed by atoms with van der Waals surface area (Å²) in [5.41, 5.74) is 5.42. The molecule has 5 heteroatoms. The molecular formula is C15H15Cl2FN2. The molecule has 0 radical (unpaired) electrons. The van der Waals surface area contributed by atoms with Gasteiger partial charge in [-0.15, -0.1) is 0 Å². The first-order chi connectivity index (χ1) is 9.51. The van der Waals surface area contributed by atoms with Crippen LogP contribution in [-0.2, 0) is 6.42 Å². The molecule has 2 aromatic rings. The van der Waals surface area contributed by atoms with Crippen molar-refractivity contribution in [2.75, 3.05) is 0 Å². The average Bonchev–Trinajstić information content (AvgIpc) is 2.40. The largest absolute Gasteiger partial charge is 0.271 e. The van der Waals surface area contributed by atoms with Gasteiger partial charge >= 0.3 is 0 Å². The lowest BCUT2D eigenvalue weighted by molar-refractivity contribution is 0.546. The van der Waals surface area contributed by atoms with Crippen molar-refractivity contribution in [3.63, 3.8) is 0 Å². The summed E-state index contributed by atoms with van der Waals surface area (Å²) in [6.07, 6.45) is 0.572. The maximum atomic E-state index is 13.2. The Morgan fingerprint density at radius 1 is 1.20 bits per heavy atom. The Morgan fingerprint density at radius 2 is 1.95 bits per heavy atom. The van der Waals surface area contributed by atoms with Crippen molar-refractivity contribution in [1.82, 2.24) is 5.43 Å². The molecule has 0 spiro atoms. The fraction of sp³-hybridized carbons (Fsp3) is 0.200. The predicted molar refractivity (Wildman–Crippen MR) is 81.4 cm³/mol. The summed E-state index contributed by atoms with van der Waals surface area (Å²) < 4.78 is 13.2. The molecule has 2 aromatic carbocycles. The van der Waals surface area contributed by atoms with Gasteiger partial charge in [-0.25, -0.2) is 4.39 Å². The molecule has 1 atom stereocenters. The highest BCUT2D eigenvalue weighted by atomic mass is 35.5. The van der Waals surface area contributed by atoms with E-state index in [4.69, 9.17) is 29.0 Å². The Hall–Kier alpha value is -1.13. The van der Waals surface area contributed by atoms with Crippen LogP contribution in [0.5, 0.6) is 0 Å². The highest BCUT2D eigenvalue weighted by molar-refractivity contribution is 6.33. The van der Waals surface area contributed by atoms with E-state index in [0.29, 0.717) is 16.5 Å². The lowest BCUT2D eigenvalue weighted by Crippen LogP contribution is -2.30. The molecule has 1 unspecified atom stereocenters. The number of nitrogens with one attached hydrogen (secondary N) is 1. The maximum Gasteiger partial charge on any atom is 0.123 e. The van der Waals surface area contributed by atoms with Crippen LogP contribution in [0.25, 0.3) is 0 Å². The van der Waals surface area contributed by atoms with Crippen molar-refractivity contribution < 1.29 is 4.39 Å². The zero-order valence-corrected chi connectivity index (χ0v) is 12.5. The van der Waals surface area contributed by atoms with E-state index in [-0.39, 0.29) is 11.9 Å². The fourth-order valence-corrected chi connectivity index (χ4v) is 2.60. The normalized spacial score (nSPS) is 12.4. The Bertz CT molecular complexity index is 617. The third-order valence-corrected chi connectivity index (χ3v) is 3.84. The first-order valence-electron chi connectivity index (χ1n) is 6.17. The molecule has 0 bridgehead atoms. The van der Waals surface area contributed by atoms with Crippen molar-refractivity contribution in [2.45, 2.75) is 19.4 Å². The van der Waals surface area contributed by atoms with E-state index in [1.165, 1.54) is 12.1 Å². The maximum absolute atomic E-state index is 13.2. The SMILES string of the molecule is Cc1cc(F)ccc1C(Cc1cc(Cl)ccc1Cl)NN. The number of aryl methyl sites for hydroxylation is 1. The minimum Gasteiger partial charge on any atom is -0.271 e. The van der Waals surface area contributed by atoms with Gasteiger partial charge in [-0.3, -0.25) is 11.3 Å². The van der Waals surface area contributed by atoms with Crippen LogP contribution in [0.15, 0.2) is 36.4 Å². The van der Waals surface area contributed by atoms with Gasteiger partial charge in [-0.1, -0.05) is 29.3 Å². The molecule has 2 rings (SSSR count). The molecule has 0 heterocycles. The third-order valence-electron chi connectivity index (χ3n) is 3.24. The van der Waals surface area contributed by atoms with Gasteiger partial charge in [0.25, 0.3) is 0 Å². The van der Waals surface area contributed by atoms with E-state index in [0.717, 1.165) is 16.7 Å². The van der Waals surface area contributed by atoms with Crippen molar-refractivity contribution in [1.29, 1.82) is 0 Å². The minimum atomic E-state index is -0.261. The number of hydrogen-bond donors (Lipinski definition) is 2. The van der Waals surface area contributed by atoms with Gasteiger partial charge in [0.1, 0.15) is 5.82 Å². The van der Waals surface area contributed by atoms with E-state index in [1.54, 1.807) is 18.2 Å². The second kappa shape index (κ2) is 6.55. The van der Waals surface area contributed by atoms with Crippen LogP contribution in [0, 0.1) is 12.7 Å².